The Kier molecular flexibility index (Phi) is 22.2. The van der Waals surface area contributed by atoms with E-state index in [1.807, 2.05) is 89.8 Å². The maximum atomic E-state index is 15.1. The molecule has 2 atom stereocenters. The number of carbonyl (C=O) groups excluding carboxylic acids is 3. The minimum Gasteiger partial charge on any atom is -0.489 e. The van der Waals surface area contributed by atoms with Crippen molar-refractivity contribution >= 4 is 45.1 Å². The van der Waals surface area contributed by atoms with Crippen LogP contribution in [0.25, 0.3) is 10.8 Å². The molecule has 0 radical (unpaired) electrons. The Morgan fingerprint density at radius 1 is 0.606 bits per heavy atom. The summed E-state index contributed by atoms with van der Waals surface area (Å²) < 4.78 is 20.1. The Morgan fingerprint density at radius 2 is 1.14 bits per heavy atom. The Balaban J connectivity index is 1.42. The van der Waals surface area contributed by atoms with Crippen LogP contribution in [-0.2, 0) is 42.7 Å². The summed E-state index contributed by atoms with van der Waals surface area (Å²) >= 11 is 0. The van der Waals surface area contributed by atoms with Crippen molar-refractivity contribution in [2.24, 2.45) is 0 Å². The molecule has 3 amide bonds. The van der Waals surface area contributed by atoms with Crippen molar-refractivity contribution in [3.05, 3.63) is 126 Å². The van der Waals surface area contributed by atoms with Gasteiger partial charge in [0.1, 0.15) is 18.4 Å². The van der Waals surface area contributed by atoms with Crippen molar-refractivity contribution < 1.29 is 28.0 Å². The lowest BCUT2D eigenvalue weighted by Crippen LogP contribution is -2.54. The molecule has 0 aromatic heterocycles. The second-order valence-electron chi connectivity index (χ2n) is 21.9. The number of nitrogens with zero attached hydrogens (tertiary/aromatic N) is 2. The first kappa shape index (κ1) is 57.3. The van der Waals surface area contributed by atoms with Crippen LogP contribution >= 0.6 is 0 Å². The molecule has 0 spiro atoms. The van der Waals surface area contributed by atoms with E-state index < -0.39 is 22.7 Å². The monoisotopic (exact) mass is 1000 g/mol. The number of fused-ring (bicyclic) bond motifs is 1. The molecule has 0 bridgehead atoms. The highest BCUT2D eigenvalue weighted by Crippen LogP contribution is 2.43. The Morgan fingerprint density at radius 3 is 1.73 bits per heavy atom. The van der Waals surface area contributed by atoms with E-state index in [4.69, 9.17) is 13.6 Å². The van der Waals surface area contributed by atoms with Gasteiger partial charge in [0, 0.05) is 45.3 Å². The number of hydrogen-bond donors (Lipinski definition) is 1. The van der Waals surface area contributed by atoms with E-state index >= 15 is 4.79 Å². The van der Waals surface area contributed by atoms with Crippen LogP contribution in [0, 0.1) is 0 Å². The zero-order chi connectivity index (χ0) is 51.7. The van der Waals surface area contributed by atoms with E-state index in [1.54, 1.807) is 4.90 Å². The van der Waals surface area contributed by atoms with Gasteiger partial charge in [0.05, 0.1) is 6.42 Å². The van der Waals surface area contributed by atoms with Crippen LogP contribution in [0.5, 0.6) is 5.75 Å². The molecule has 1 N–H and O–H groups in total. The number of aryl methyl sites for hydroxylation is 1. The summed E-state index contributed by atoms with van der Waals surface area (Å²) in [6, 6.07) is 31.4. The van der Waals surface area contributed by atoms with Crippen LogP contribution in [0.4, 0.5) is 0 Å². The smallest absolute Gasteiger partial charge is 0.243 e. The summed E-state index contributed by atoms with van der Waals surface area (Å²) in [5.74, 6) is 0.501. The number of carbonyl (C=O) groups is 3. The molecule has 0 saturated heterocycles. The first-order valence-corrected chi connectivity index (χ1v) is 31.2. The Hall–Kier alpha value is -4.56. The van der Waals surface area contributed by atoms with Gasteiger partial charge in [0.15, 0.2) is 16.6 Å². The Bertz CT molecular complexity index is 2250. The SMILES string of the molecule is CC(C)[Si](OCCC[C@@H]1CN(C(=O)Cc2ccc3ccccc3c2)C/C=C/CN(C(=O)CCc2ccc(OCc3ccccc3)cc2)[C@H](CCCO[Si](C(C)C)(C(C)C)C(C)C)C(=O)N1)(C(C)C)C(C)C. The van der Waals surface area contributed by atoms with E-state index in [1.165, 1.54) is 0 Å². The van der Waals surface area contributed by atoms with Gasteiger partial charge in [-0.25, -0.2) is 0 Å². The second-order valence-corrected chi connectivity index (χ2v) is 32.9. The van der Waals surface area contributed by atoms with Crippen LogP contribution in [0.15, 0.2) is 109 Å². The van der Waals surface area contributed by atoms with Gasteiger partial charge in [-0.05, 0) is 105 Å². The zero-order valence-electron chi connectivity index (χ0n) is 45.5. The van der Waals surface area contributed by atoms with Gasteiger partial charge in [0.2, 0.25) is 17.7 Å². The van der Waals surface area contributed by atoms with Crippen LogP contribution in [0.3, 0.4) is 0 Å². The molecule has 0 unspecified atom stereocenters. The van der Waals surface area contributed by atoms with Crippen LogP contribution < -0.4 is 10.1 Å². The molecule has 9 nitrogen and oxygen atoms in total. The standard InChI is InChI=1S/C60H89N3O6Si2/c1-44(2)70(45(3)4,46(5)6)68-38-20-26-55-42-62(59(65)41-52-28-32-53-24-16-17-25-54(53)40-52)36-18-19-37-63(57(60(66)61-55)27-21-39-69-71(47(7)8,48(9)10)49(11)12)58(64)35-31-50-29-33-56(34-30-50)67-43-51-22-14-13-15-23-51/h13-19,22-25,28-30,32-34,40,44-49,55,57H,20-21,26-27,31,35-39,41-43H2,1-12H3,(H,61,66)/b19-18+/t55-,57-/m1/s1. The van der Waals surface area contributed by atoms with Crippen molar-refractivity contribution in [3.8, 4) is 5.75 Å². The predicted octanol–water partition coefficient (Wildman–Crippen LogP) is 13.6. The summed E-state index contributed by atoms with van der Waals surface area (Å²) in [6.07, 6.45) is 7.45. The fourth-order valence-corrected chi connectivity index (χ4v) is 22.9. The normalized spacial score (nSPS) is 16.9. The molecule has 1 aliphatic rings. The van der Waals surface area contributed by atoms with Crippen molar-refractivity contribution in [3.63, 3.8) is 0 Å². The predicted molar refractivity (Wildman–Crippen MR) is 299 cm³/mol. The molecule has 5 rings (SSSR count). The summed E-state index contributed by atoms with van der Waals surface area (Å²) in [6.45, 7) is 30.1. The maximum absolute atomic E-state index is 15.1. The maximum Gasteiger partial charge on any atom is 0.243 e. The zero-order valence-corrected chi connectivity index (χ0v) is 47.5. The fraction of sp³-hybridized carbons (Fsp3) is 0.550. The average Bonchev–Trinajstić information content (AvgIpc) is 3.36. The molecule has 11 heteroatoms. The number of ether oxygens (including phenoxy) is 1. The molecule has 1 heterocycles. The lowest BCUT2D eigenvalue weighted by Gasteiger charge is -2.42. The molecule has 0 saturated carbocycles. The minimum absolute atomic E-state index is 0.00301. The van der Waals surface area contributed by atoms with Gasteiger partial charge in [-0.15, -0.1) is 0 Å². The van der Waals surface area contributed by atoms with Gasteiger partial charge in [0.25, 0.3) is 0 Å². The third kappa shape index (κ3) is 15.5. The van der Waals surface area contributed by atoms with Crippen LogP contribution in [0.2, 0.25) is 33.2 Å². The molecular weight excluding hydrogens is 915 g/mol. The van der Waals surface area contributed by atoms with Crippen molar-refractivity contribution in [2.75, 3.05) is 32.8 Å². The lowest BCUT2D eigenvalue weighted by molar-refractivity contribution is -0.140. The van der Waals surface area contributed by atoms with Gasteiger partial charge < -0.3 is 28.7 Å². The number of amides is 3. The molecule has 0 aliphatic carbocycles. The summed E-state index contributed by atoms with van der Waals surface area (Å²) in [5.41, 5.74) is 5.73. The summed E-state index contributed by atoms with van der Waals surface area (Å²) in [4.78, 5) is 47.9. The number of benzene rings is 4. The first-order chi connectivity index (χ1) is 33.9. The van der Waals surface area contributed by atoms with Crippen LogP contribution in [-0.4, -0.2) is 89.1 Å². The lowest BCUT2D eigenvalue weighted by atomic mass is 10.0. The van der Waals surface area contributed by atoms with E-state index in [2.05, 4.69) is 113 Å². The van der Waals surface area contributed by atoms with E-state index in [0.717, 1.165) is 39.6 Å². The third-order valence-electron chi connectivity index (χ3n) is 15.3. The first-order valence-electron chi connectivity index (χ1n) is 26.9. The highest BCUT2D eigenvalue weighted by Gasteiger charge is 2.46. The summed E-state index contributed by atoms with van der Waals surface area (Å²) in [7, 11) is -4.28. The van der Waals surface area contributed by atoms with Gasteiger partial charge in [-0.2, -0.15) is 0 Å². The fourth-order valence-electron chi connectivity index (χ4n) is 11.9. The average molecular weight is 1000 g/mol. The second kappa shape index (κ2) is 27.5. The molecule has 388 valence electrons. The van der Waals surface area contributed by atoms with Crippen molar-refractivity contribution in [1.82, 2.24) is 15.1 Å². The number of hydrogen-bond acceptors (Lipinski definition) is 6. The highest BCUT2D eigenvalue weighted by molar-refractivity contribution is 6.78. The molecular formula is C60H89N3O6Si2. The third-order valence-corrected chi connectivity index (χ3v) is 27.6. The number of nitrogens with one attached hydrogen (secondary N) is 1. The van der Waals surface area contributed by atoms with Crippen molar-refractivity contribution in [2.45, 2.75) is 180 Å². The quantitative estimate of drug-likeness (QED) is 0.0427. The highest BCUT2D eigenvalue weighted by atomic mass is 28.4. The van der Waals surface area contributed by atoms with Gasteiger partial charge >= 0.3 is 0 Å². The van der Waals surface area contributed by atoms with Crippen LogP contribution in [0.1, 0.15) is 132 Å². The van der Waals surface area contributed by atoms with Gasteiger partial charge in [-0.3, -0.25) is 14.4 Å². The topological polar surface area (TPSA) is 97.4 Å². The molecule has 0 fully saturated rings. The summed E-state index contributed by atoms with van der Waals surface area (Å²) in [5, 5.41) is 5.69. The van der Waals surface area contributed by atoms with E-state index in [9.17, 15) is 9.59 Å². The van der Waals surface area contributed by atoms with Gasteiger partial charge in [-0.1, -0.05) is 180 Å². The Labute approximate surface area is 430 Å². The molecule has 71 heavy (non-hydrogen) atoms. The molecule has 4 aromatic rings. The van der Waals surface area contributed by atoms with Crippen molar-refractivity contribution in [1.29, 1.82) is 0 Å². The van der Waals surface area contributed by atoms with E-state index in [0.29, 0.717) is 91.8 Å². The molecule has 4 aromatic carbocycles. The minimum atomic E-state index is -2.16. The van der Waals surface area contributed by atoms with E-state index in [-0.39, 0.29) is 43.1 Å². The largest absolute Gasteiger partial charge is 0.489 e. The molecule has 1 aliphatic heterocycles. The number of rotatable bonds is 24.